The topological polar surface area (TPSA) is 65.6 Å². The molecule has 0 bridgehead atoms. The molecule has 1 aromatic carbocycles. The van der Waals surface area contributed by atoms with E-state index in [1.807, 2.05) is 19.1 Å². The van der Waals surface area contributed by atoms with Crippen LogP contribution in [-0.2, 0) is 6.54 Å². The maximum Gasteiger partial charge on any atom is 0.280 e. The van der Waals surface area contributed by atoms with Crippen molar-refractivity contribution in [3.63, 3.8) is 0 Å². The van der Waals surface area contributed by atoms with Gasteiger partial charge in [0.25, 0.3) is 5.56 Å². The summed E-state index contributed by atoms with van der Waals surface area (Å²) in [6.07, 6.45) is 1.51. The molecule has 0 fully saturated rings. The molecule has 96 valence electrons. The van der Waals surface area contributed by atoms with E-state index in [0.29, 0.717) is 22.6 Å². The van der Waals surface area contributed by atoms with E-state index in [1.165, 1.54) is 10.9 Å². The molecule has 3 rings (SSSR count). The number of rotatable bonds is 2. The first-order valence-corrected chi connectivity index (χ1v) is 6.16. The van der Waals surface area contributed by atoms with Crippen molar-refractivity contribution in [3.05, 3.63) is 45.8 Å². The second-order valence-electron chi connectivity index (χ2n) is 3.98. The quantitative estimate of drug-likeness (QED) is 0.713. The Morgan fingerprint density at radius 2 is 2.00 bits per heavy atom. The summed E-state index contributed by atoms with van der Waals surface area (Å²) in [4.78, 5) is 12.0. The third-order valence-corrected chi connectivity index (χ3v) is 3.08. The highest BCUT2D eigenvalue weighted by molar-refractivity contribution is 6.30. The van der Waals surface area contributed by atoms with Crippen LogP contribution in [0.25, 0.3) is 16.7 Å². The third kappa shape index (κ3) is 1.90. The third-order valence-electron chi connectivity index (χ3n) is 2.83. The van der Waals surface area contributed by atoms with Crippen LogP contribution in [0.4, 0.5) is 0 Å². The summed E-state index contributed by atoms with van der Waals surface area (Å²) < 4.78 is 2.87. The number of halogens is 1. The second kappa shape index (κ2) is 4.47. The summed E-state index contributed by atoms with van der Waals surface area (Å²) >= 11 is 5.85. The SMILES string of the molecule is CCn1nnc2c(cnn2-c2ccc(Cl)cc2)c1=O. The lowest BCUT2D eigenvalue weighted by atomic mass is 10.3. The molecule has 19 heavy (non-hydrogen) atoms. The maximum absolute atomic E-state index is 12.0. The number of aromatic nitrogens is 5. The molecule has 0 radical (unpaired) electrons. The molecular weight excluding hydrogens is 266 g/mol. The molecular formula is C12H10ClN5O. The van der Waals surface area contributed by atoms with Gasteiger partial charge in [-0.25, -0.2) is 9.36 Å². The van der Waals surface area contributed by atoms with E-state index in [1.54, 1.807) is 16.8 Å². The van der Waals surface area contributed by atoms with Crippen LogP contribution >= 0.6 is 11.6 Å². The lowest BCUT2D eigenvalue weighted by Crippen LogP contribution is -2.23. The number of benzene rings is 1. The molecule has 0 unspecified atom stereocenters. The van der Waals surface area contributed by atoms with Gasteiger partial charge in [0, 0.05) is 11.6 Å². The predicted molar refractivity (Wildman–Crippen MR) is 71.6 cm³/mol. The summed E-state index contributed by atoms with van der Waals surface area (Å²) in [5.41, 5.74) is 1.03. The van der Waals surface area contributed by atoms with Gasteiger partial charge in [0.05, 0.1) is 11.9 Å². The minimum absolute atomic E-state index is 0.187. The summed E-state index contributed by atoms with van der Waals surface area (Å²) in [5, 5.41) is 13.2. The van der Waals surface area contributed by atoms with Gasteiger partial charge in [-0.05, 0) is 31.2 Å². The van der Waals surface area contributed by atoms with Gasteiger partial charge < -0.3 is 0 Å². The van der Waals surface area contributed by atoms with Gasteiger partial charge in [-0.3, -0.25) is 4.79 Å². The Labute approximate surface area is 113 Å². The molecule has 0 atom stereocenters. The first-order chi connectivity index (χ1) is 9.20. The fraction of sp³-hybridized carbons (Fsp3) is 0.167. The number of nitrogens with zero attached hydrogens (tertiary/aromatic N) is 5. The van der Waals surface area contributed by atoms with E-state index in [0.717, 1.165) is 5.69 Å². The van der Waals surface area contributed by atoms with Crippen LogP contribution in [-0.4, -0.2) is 24.8 Å². The van der Waals surface area contributed by atoms with Crippen molar-refractivity contribution in [2.45, 2.75) is 13.5 Å². The lowest BCUT2D eigenvalue weighted by Gasteiger charge is -2.03. The summed E-state index contributed by atoms with van der Waals surface area (Å²) in [7, 11) is 0. The summed E-state index contributed by atoms with van der Waals surface area (Å²) in [6, 6.07) is 7.12. The van der Waals surface area contributed by atoms with Crippen LogP contribution in [0.15, 0.2) is 35.3 Å². The van der Waals surface area contributed by atoms with Crippen molar-refractivity contribution in [2.24, 2.45) is 0 Å². The van der Waals surface area contributed by atoms with Gasteiger partial charge in [0.2, 0.25) is 0 Å². The van der Waals surface area contributed by atoms with Gasteiger partial charge >= 0.3 is 0 Å². The van der Waals surface area contributed by atoms with Crippen LogP contribution in [0.5, 0.6) is 0 Å². The van der Waals surface area contributed by atoms with E-state index in [4.69, 9.17) is 11.6 Å². The molecule has 0 aliphatic rings. The van der Waals surface area contributed by atoms with Gasteiger partial charge in [0.15, 0.2) is 5.65 Å². The number of fused-ring (bicyclic) bond motifs is 1. The van der Waals surface area contributed by atoms with E-state index in [-0.39, 0.29) is 5.56 Å². The van der Waals surface area contributed by atoms with Crippen molar-refractivity contribution in [3.8, 4) is 5.69 Å². The molecule has 2 heterocycles. The molecule has 0 spiro atoms. The smallest absolute Gasteiger partial charge is 0.267 e. The second-order valence-corrected chi connectivity index (χ2v) is 4.42. The standard InChI is InChI=1S/C12H10ClN5O/c1-2-17-12(19)10-7-14-18(11(10)15-16-17)9-5-3-8(13)4-6-9/h3-7H,2H2,1H3. The van der Waals surface area contributed by atoms with E-state index in [2.05, 4.69) is 15.4 Å². The highest BCUT2D eigenvalue weighted by Gasteiger charge is 2.11. The van der Waals surface area contributed by atoms with Crippen molar-refractivity contribution in [2.75, 3.05) is 0 Å². The molecule has 2 aromatic heterocycles. The Morgan fingerprint density at radius 3 is 2.68 bits per heavy atom. The molecule has 0 saturated carbocycles. The average Bonchev–Trinajstić information content (AvgIpc) is 2.85. The van der Waals surface area contributed by atoms with Gasteiger partial charge in [-0.1, -0.05) is 16.8 Å². The first kappa shape index (κ1) is 11.9. The van der Waals surface area contributed by atoms with Crippen LogP contribution in [0, 0.1) is 0 Å². The largest absolute Gasteiger partial charge is 0.280 e. The Kier molecular flexibility index (Phi) is 2.79. The van der Waals surface area contributed by atoms with Crippen LogP contribution in [0.2, 0.25) is 5.02 Å². The average molecular weight is 276 g/mol. The Bertz CT molecular complexity index is 790. The highest BCUT2D eigenvalue weighted by Crippen LogP contribution is 2.15. The molecule has 7 heteroatoms. The molecule has 0 aliphatic carbocycles. The van der Waals surface area contributed by atoms with Crippen LogP contribution in [0.1, 0.15) is 6.92 Å². The van der Waals surface area contributed by atoms with Gasteiger partial charge in [0.1, 0.15) is 5.39 Å². The fourth-order valence-corrected chi connectivity index (χ4v) is 1.97. The Balaban J connectivity index is 2.24. The minimum Gasteiger partial charge on any atom is -0.267 e. The zero-order valence-electron chi connectivity index (χ0n) is 10.1. The van der Waals surface area contributed by atoms with Crippen molar-refractivity contribution in [1.82, 2.24) is 24.8 Å². The summed E-state index contributed by atoms with van der Waals surface area (Å²) in [6.45, 7) is 2.32. The van der Waals surface area contributed by atoms with Crippen LogP contribution in [0.3, 0.4) is 0 Å². The maximum atomic E-state index is 12.0. The van der Waals surface area contributed by atoms with Crippen molar-refractivity contribution >= 4 is 22.6 Å². The number of hydrogen-bond donors (Lipinski definition) is 0. The molecule has 0 amide bonds. The van der Waals surface area contributed by atoms with E-state index >= 15 is 0 Å². The zero-order valence-corrected chi connectivity index (χ0v) is 10.9. The zero-order chi connectivity index (χ0) is 13.4. The lowest BCUT2D eigenvalue weighted by molar-refractivity contribution is 0.578. The molecule has 0 saturated heterocycles. The molecule has 0 aliphatic heterocycles. The fourth-order valence-electron chi connectivity index (χ4n) is 1.84. The van der Waals surface area contributed by atoms with Crippen molar-refractivity contribution in [1.29, 1.82) is 0 Å². The first-order valence-electron chi connectivity index (χ1n) is 5.78. The summed E-state index contributed by atoms with van der Waals surface area (Å²) in [5.74, 6) is 0. The number of hydrogen-bond acceptors (Lipinski definition) is 4. The van der Waals surface area contributed by atoms with Gasteiger partial charge in [-0.2, -0.15) is 5.10 Å². The predicted octanol–water partition coefficient (Wildman–Crippen LogP) is 1.65. The Hall–Kier alpha value is -2.21. The molecule has 3 aromatic rings. The molecule has 0 N–H and O–H groups in total. The number of aryl methyl sites for hydroxylation is 1. The van der Waals surface area contributed by atoms with E-state index in [9.17, 15) is 4.79 Å². The van der Waals surface area contributed by atoms with Crippen LogP contribution < -0.4 is 5.56 Å². The van der Waals surface area contributed by atoms with Crippen molar-refractivity contribution < 1.29 is 0 Å². The van der Waals surface area contributed by atoms with E-state index < -0.39 is 0 Å². The molecule has 6 nitrogen and oxygen atoms in total. The highest BCUT2D eigenvalue weighted by atomic mass is 35.5. The normalized spacial score (nSPS) is 11.1. The monoisotopic (exact) mass is 275 g/mol. The Morgan fingerprint density at radius 1 is 1.26 bits per heavy atom. The minimum atomic E-state index is -0.187. The van der Waals surface area contributed by atoms with Gasteiger partial charge in [-0.15, -0.1) is 5.10 Å².